The van der Waals surface area contributed by atoms with Gasteiger partial charge in [0.25, 0.3) is 0 Å². The molecule has 0 bridgehead atoms. The van der Waals surface area contributed by atoms with Crippen molar-refractivity contribution in [1.29, 1.82) is 0 Å². The van der Waals surface area contributed by atoms with Crippen LogP contribution in [-0.4, -0.2) is 35.5 Å². The summed E-state index contributed by atoms with van der Waals surface area (Å²) >= 11 is 4.89. The second kappa shape index (κ2) is 7.22. The molecule has 1 aromatic carbocycles. The highest BCUT2D eigenvalue weighted by Crippen LogP contribution is 2.55. The van der Waals surface area contributed by atoms with Crippen molar-refractivity contribution in [2.24, 2.45) is 0 Å². The van der Waals surface area contributed by atoms with E-state index >= 15 is 0 Å². The Kier molecular flexibility index (Phi) is 6.40. The highest BCUT2D eigenvalue weighted by atomic mass is 32.1. The van der Waals surface area contributed by atoms with Crippen LogP contribution in [0, 0.1) is 0 Å². The van der Waals surface area contributed by atoms with Crippen LogP contribution in [0.1, 0.15) is 24.1 Å². The molecule has 0 amide bonds. The van der Waals surface area contributed by atoms with Gasteiger partial charge in [0, 0.05) is 10.6 Å². The van der Waals surface area contributed by atoms with E-state index in [1.54, 1.807) is 18.2 Å². The molecule has 0 heterocycles. The van der Waals surface area contributed by atoms with E-state index in [1.165, 1.54) is 6.07 Å². The van der Waals surface area contributed by atoms with Crippen molar-refractivity contribution in [1.82, 2.24) is 0 Å². The molecule has 0 saturated carbocycles. The maximum atomic E-state index is 11.6. The number of nitrogens with two attached hydrogens (primary N) is 1. The van der Waals surface area contributed by atoms with E-state index in [0.29, 0.717) is 5.56 Å². The van der Waals surface area contributed by atoms with E-state index in [1.807, 2.05) is 0 Å². The topological polar surface area (TPSA) is 144 Å². The molecule has 0 spiro atoms. The Hall–Kier alpha value is -0.430. The lowest BCUT2D eigenvalue weighted by atomic mass is 10.0. The van der Waals surface area contributed by atoms with Gasteiger partial charge in [0.2, 0.25) is 0 Å². The van der Waals surface area contributed by atoms with Gasteiger partial charge in [-0.2, -0.15) is 14.7 Å². The van der Waals surface area contributed by atoms with Gasteiger partial charge in [-0.25, -0.2) is 0 Å². The van der Waals surface area contributed by atoms with Crippen LogP contribution < -0.4 is 5.73 Å². The highest BCUT2D eigenvalue weighted by molar-refractivity contribution is 7.81. The summed E-state index contributed by atoms with van der Waals surface area (Å²) in [5, 5.41) is 0. The fourth-order valence-corrected chi connectivity index (χ4v) is 4.26. The fraction of sp³-hybridized carbons (Fsp3) is 0.364. The second-order valence-electron chi connectivity index (χ2n) is 4.66. The summed E-state index contributed by atoms with van der Waals surface area (Å²) in [6.45, 7) is 0. The van der Waals surface area contributed by atoms with Crippen molar-refractivity contribution >= 4 is 38.3 Å². The Morgan fingerprint density at radius 1 is 1.29 bits per heavy atom. The average Bonchev–Trinajstić information content (AvgIpc) is 2.27. The summed E-state index contributed by atoms with van der Waals surface area (Å²) in [5.41, 5.74) is 5.21. The van der Waals surface area contributed by atoms with E-state index in [4.69, 9.17) is 32.6 Å². The Labute approximate surface area is 128 Å². The summed E-state index contributed by atoms with van der Waals surface area (Å²) < 4.78 is 11.6. The maximum absolute atomic E-state index is 11.6. The van der Waals surface area contributed by atoms with Gasteiger partial charge in [-0.15, -0.1) is 0 Å². The van der Waals surface area contributed by atoms with Crippen LogP contribution in [0.4, 0.5) is 5.69 Å². The summed E-state index contributed by atoms with van der Waals surface area (Å²) in [7, 11) is -8.46. The molecule has 10 heteroatoms. The first-order valence-corrected chi connectivity index (χ1v) is 9.90. The molecule has 1 rings (SSSR count). The normalized spacial score (nSPS) is 14.0. The van der Waals surface area contributed by atoms with Crippen LogP contribution in [0.2, 0.25) is 0 Å². The monoisotopic (exact) mass is 354 g/mol. The first kappa shape index (κ1) is 18.6. The molecule has 0 aliphatic carbocycles. The zero-order valence-electron chi connectivity index (χ0n) is 11.0. The van der Waals surface area contributed by atoms with Crippen molar-refractivity contribution in [3.63, 3.8) is 0 Å². The van der Waals surface area contributed by atoms with Crippen molar-refractivity contribution in [2.75, 3.05) is 11.9 Å². The average molecular weight is 354 g/mol. The first-order chi connectivity index (χ1) is 9.50. The van der Waals surface area contributed by atoms with Gasteiger partial charge in [-0.3, -0.25) is 4.57 Å². The third-order valence-corrected chi connectivity index (χ3v) is 5.56. The zero-order valence-corrected chi connectivity index (χ0v) is 13.6. The molecule has 0 aromatic heterocycles. The van der Waals surface area contributed by atoms with Gasteiger partial charge in [-0.1, -0.05) is 30.4 Å². The molecule has 7 nitrogen and oxygen atoms in total. The molecule has 1 aromatic rings. The van der Waals surface area contributed by atoms with Crippen LogP contribution in [-0.2, 0) is 4.57 Å². The van der Waals surface area contributed by atoms with E-state index < -0.39 is 27.4 Å². The standard InChI is InChI=1S/C11H17NO6P2S/c12-10-4-2-1-3-9(10)11(20(16,17)18)6-5-8(21)7-19(13,14)15/h1-4,11,13-15H,5-7,12H2,(H-,16,17,18)/p+1. The Morgan fingerprint density at radius 3 is 2.33 bits per heavy atom. The number of thiocarbonyl (C=S) groups is 1. The largest absolute Gasteiger partial charge is 0.408 e. The van der Waals surface area contributed by atoms with Gasteiger partial charge in [0.1, 0.15) is 0 Å². The molecule has 1 unspecified atom stereocenters. The van der Waals surface area contributed by atoms with Crippen LogP contribution in [0.5, 0.6) is 0 Å². The van der Waals surface area contributed by atoms with Gasteiger partial charge in [-0.05, 0) is 24.5 Å². The number of anilines is 1. The highest BCUT2D eigenvalue weighted by Gasteiger charge is 2.34. The molecule has 7 N–H and O–H groups in total. The predicted octanol–water partition coefficient (Wildman–Crippen LogP) is 1.38. The number of hydrogen-bond acceptors (Lipinski definition) is 6. The summed E-state index contributed by atoms with van der Waals surface area (Å²) in [6.07, 6.45) is -0.402. The number of nitrogen functional groups attached to an aromatic ring is 1. The lowest BCUT2D eigenvalue weighted by molar-refractivity contribution is 0.336. The SMILES string of the molecule is Nc1ccccc1C(CCC(=S)C[P+](O)(O)O)P(=O)(O)O. The van der Waals surface area contributed by atoms with E-state index in [-0.39, 0.29) is 23.4 Å². The van der Waals surface area contributed by atoms with Gasteiger partial charge >= 0.3 is 15.5 Å². The Bertz CT molecular complexity index is 556. The minimum absolute atomic E-state index is 0.00265. The lowest BCUT2D eigenvalue weighted by Gasteiger charge is -2.20. The Morgan fingerprint density at radius 2 is 1.86 bits per heavy atom. The number of rotatable bonds is 7. The van der Waals surface area contributed by atoms with Crippen molar-refractivity contribution in [2.45, 2.75) is 18.5 Å². The van der Waals surface area contributed by atoms with E-state index in [2.05, 4.69) is 0 Å². The predicted molar refractivity (Wildman–Crippen MR) is 85.9 cm³/mol. The van der Waals surface area contributed by atoms with E-state index in [0.717, 1.165) is 0 Å². The molecule has 0 radical (unpaired) electrons. The van der Waals surface area contributed by atoms with Crippen molar-refractivity contribution in [3.05, 3.63) is 29.8 Å². The number of para-hydroxylation sites is 1. The van der Waals surface area contributed by atoms with Gasteiger partial charge in [0.15, 0.2) is 6.16 Å². The third-order valence-electron chi connectivity index (χ3n) is 2.85. The summed E-state index contributed by atoms with van der Waals surface area (Å²) in [5.74, 6) is 0. The van der Waals surface area contributed by atoms with Crippen molar-refractivity contribution < 1.29 is 29.0 Å². The fourth-order valence-electron chi connectivity index (χ4n) is 1.93. The molecule has 0 aliphatic heterocycles. The van der Waals surface area contributed by atoms with Crippen LogP contribution in [0.25, 0.3) is 0 Å². The van der Waals surface area contributed by atoms with Gasteiger partial charge in [0.05, 0.1) is 5.66 Å². The molecule has 21 heavy (non-hydrogen) atoms. The van der Waals surface area contributed by atoms with Crippen LogP contribution >= 0.6 is 27.8 Å². The molecule has 1 atom stereocenters. The summed E-state index contributed by atoms with van der Waals surface area (Å²) in [6, 6.07) is 6.35. The smallest absolute Gasteiger partial charge is 0.398 e. The molecule has 0 aliphatic rings. The number of hydrogen-bond donors (Lipinski definition) is 6. The van der Waals surface area contributed by atoms with Crippen molar-refractivity contribution in [3.8, 4) is 0 Å². The molecule has 0 fully saturated rings. The zero-order chi connectivity index (χ0) is 16.3. The first-order valence-electron chi connectivity index (χ1n) is 5.98. The quantitative estimate of drug-likeness (QED) is 0.245. The molecular weight excluding hydrogens is 336 g/mol. The molecule has 118 valence electrons. The minimum atomic E-state index is -4.45. The van der Waals surface area contributed by atoms with Crippen LogP contribution in [0.15, 0.2) is 24.3 Å². The third kappa shape index (κ3) is 6.46. The Balaban J connectivity index is 2.86. The summed E-state index contributed by atoms with van der Waals surface area (Å²) in [4.78, 5) is 45.9. The van der Waals surface area contributed by atoms with E-state index in [9.17, 15) is 14.4 Å². The van der Waals surface area contributed by atoms with Gasteiger partial charge < -0.3 is 15.5 Å². The minimum Gasteiger partial charge on any atom is -0.398 e. The molecule has 0 saturated heterocycles. The van der Waals surface area contributed by atoms with Crippen LogP contribution in [0.3, 0.4) is 0 Å². The second-order valence-corrected chi connectivity index (χ2v) is 8.74. The maximum Gasteiger partial charge on any atom is 0.408 e. The number of benzene rings is 1. The lowest BCUT2D eigenvalue weighted by Crippen LogP contribution is -2.10. The molecular formula is C11H18NO6P2S+.